The Bertz CT molecular complexity index is 800. The summed E-state index contributed by atoms with van der Waals surface area (Å²) in [6.45, 7) is 2.72. The van der Waals surface area contributed by atoms with Crippen molar-refractivity contribution >= 4 is 21.4 Å². The normalized spacial score (nSPS) is 11.4. The Morgan fingerprint density at radius 3 is 2.73 bits per heavy atom. The van der Waals surface area contributed by atoms with Crippen LogP contribution in [-0.2, 0) is 16.6 Å². The molecule has 22 heavy (non-hydrogen) atoms. The van der Waals surface area contributed by atoms with Gasteiger partial charge in [-0.1, -0.05) is 6.07 Å². The Morgan fingerprint density at radius 1 is 1.45 bits per heavy atom. The zero-order chi connectivity index (χ0) is 16.3. The summed E-state index contributed by atoms with van der Waals surface area (Å²) in [5, 5.41) is 23.1. The highest BCUT2D eigenvalue weighted by atomic mass is 32.2. The van der Waals surface area contributed by atoms with Gasteiger partial charge in [0.25, 0.3) is 0 Å². The lowest BCUT2D eigenvalue weighted by Gasteiger charge is -2.09. The molecule has 0 aliphatic carbocycles. The number of aromatic nitrogens is 2. The number of hydrogen-bond donors (Lipinski definition) is 2. The number of rotatable bonds is 6. The Labute approximate surface area is 126 Å². The first-order chi connectivity index (χ1) is 10.3. The second-order valence-electron chi connectivity index (χ2n) is 4.66. The highest BCUT2D eigenvalue weighted by molar-refractivity contribution is 7.89. The summed E-state index contributed by atoms with van der Waals surface area (Å²) >= 11 is 0. The fourth-order valence-electron chi connectivity index (χ4n) is 1.98. The fourth-order valence-corrected chi connectivity index (χ4v) is 2.70. The Hall–Kier alpha value is -2.46. The molecule has 0 spiro atoms. The van der Waals surface area contributed by atoms with Crippen LogP contribution in [0.4, 0.5) is 11.4 Å². The van der Waals surface area contributed by atoms with E-state index in [1.807, 2.05) is 13.1 Å². The summed E-state index contributed by atoms with van der Waals surface area (Å²) in [6, 6.07) is 3.93. The van der Waals surface area contributed by atoms with Crippen molar-refractivity contribution in [1.29, 1.82) is 0 Å². The van der Waals surface area contributed by atoms with E-state index in [1.165, 1.54) is 12.1 Å². The van der Waals surface area contributed by atoms with Crippen LogP contribution in [-0.4, -0.2) is 29.7 Å². The lowest BCUT2D eigenvalue weighted by molar-refractivity contribution is -0.386. The van der Waals surface area contributed by atoms with Crippen LogP contribution in [0.15, 0.2) is 35.5 Å². The summed E-state index contributed by atoms with van der Waals surface area (Å²) in [6.07, 6.45) is 3.53. The first-order valence-corrected chi connectivity index (χ1v) is 7.87. The van der Waals surface area contributed by atoms with Crippen molar-refractivity contribution in [3.05, 3.63) is 46.3 Å². The van der Waals surface area contributed by atoms with Crippen molar-refractivity contribution in [2.45, 2.75) is 18.4 Å². The van der Waals surface area contributed by atoms with E-state index in [2.05, 4.69) is 10.4 Å². The van der Waals surface area contributed by atoms with Crippen LogP contribution in [0.25, 0.3) is 0 Å². The smallest absolute Gasteiger partial charge is 0.312 e. The molecule has 10 heteroatoms. The molecule has 1 aromatic heterocycles. The van der Waals surface area contributed by atoms with Crippen LogP contribution in [0.2, 0.25) is 0 Å². The number of nitrogens with one attached hydrogen (secondary N) is 1. The summed E-state index contributed by atoms with van der Waals surface area (Å²) in [7, 11) is -4.17. The summed E-state index contributed by atoms with van der Waals surface area (Å²) < 4.78 is 24.6. The average molecular weight is 325 g/mol. The third-order valence-electron chi connectivity index (χ3n) is 2.91. The molecule has 0 bridgehead atoms. The molecule has 0 amide bonds. The molecule has 2 rings (SSSR count). The van der Waals surface area contributed by atoms with E-state index in [9.17, 15) is 18.5 Å². The molecule has 0 saturated carbocycles. The Morgan fingerprint density at radius 2 is 2.18 bits per heavy atom. The number of para-hydroxylation sites is 1. The van der Waals surface area contributed by atoms with Crippen molar-refractivity contribution in [2.75, 3.05) is 11.9 Å². The molecule has 3 N–H and O–H groups in total. The molecule has 118 valence electrons. The number of nitrogens with zero attached hydrogens (tertiary/aromatic N) is 3. The van der Waals surface area contributed by atoms with Crippen molar-refractivity contribution in [3.8, 4) is 0 Å². The molecule has 0 aliphatic rings. The van der Waals surface area contributed by atoms with Gasteiger partial charge in [-0.15, -0.1) is 0 Å². The maximum atomic E-state index is 11.4. The van der Waals surface area contributed by atoms with Crippen LogP contribution in [0.3, 0.4) is 0 Å². The molecule has 1 aromatic carbocycles. The molecule has 0 unspecified atom stereocenters. The molecule has 2 aromatic rings. The number of anilines is 1. The van der Waals surface area contributed by atoms with Gasteiger partial charge in [-0.25, -0.2) is 13.6 Å². The molecule has 0 atom stereocenters. The summed E-state index contributed by atoms with van der Waals surface area (Å²) in [5.41, 5.74) is 0.546. The standard InChI is InChI=1S/C12H15N5O4S/c1-9-7-15-16(8-9)6-5-14-10-3-2-4-11(22(13,20)21)12(10)17(18)19/h2-4,7-8,14H,5-6H2,1H3,(H2,13,20,21). The highest BCUT2D eigenvalue weighted by Gasteiger charge is 2.26. The number of hydrogen-bond acceptors (Lipinski definition) is 6. The number of aryl methyl sites for hydroxylation is 1. The number of nitrogens with two attached hydrogens (primary N) is 1. The largest absolute Gasteiger partial charge is 0.378 e. The predicted octanol–water partition coefficient (Wildman–Crippen LogP) is 0.859. The van der Waals surface area contributed by atoms with Gasteiger partial charge in [-0.3, -0.25) is 14.8 Å². The van der Waals surface area contributed by atoms with E-state index in [0.29, 0.717) is 13.1 Å². The van der Waals surface area contributed by atoms with E-state index in [-0.39, 0.29) is 5.69 Å². The topological polar surface area (TPSA) is 133 Å². The van der Waals surface area contributed by atoms with Gasteiger partial charge in [0, 0.05) is 12.7 Å². The van der Waals surface area contributed by atoms with E-state index in [0.717, 1.165) is 11.6 Å². The lowest BCUT2D eigenvalue weighted by atomic mass is 10.2. The second-order valence-corrected chi connectivity index (χ2v) is 6.19. The molecular formula is C12H15N5O4S. The SMILES string of the molecule is Cc1cnn(CCNc2cccc(S(N)(=O)=O)c2[N+](=O)[O-])c1. The molecule has 0 radical (unpaired) electrons. The Balaban J connectivity index is 2.22. The van der Waals surface area contributed by atoms with Crippen LogP contribution < -0.4 is 10.5 Å². The van der Waals surface area contributed by atoms with Gasteiger partial charge >= 0.3 is 5.69 Å². The number of nitro benzene ring substituents is 1. The van der Waals surface area contributed by atoms with Crippen LogP contribution in [0.5, 0.6) is 0 Å². The summed E-state index contributed by atoms with van der Waals surface area (Å²) in [4.78, 5) is 9.87. The molecule has 1 heterocycles. The minimum Gasteiger partial charge on any atom is -0.378 e. The maximum Gasteiger partial charge on any atom is 0.312 e. The van der Waals surface area contributed by atoms with Gasteiger partial charge in [-0.05, 0) is 24.6 Å². The third kappa shape index (κ3) is 3.59. The van der Waals surface area contributed by atoms with E-state index >= 15 is 0 Å². The molecule has 9 nitrogen and oxygen atoms in total. The highest BCUT2D eigenvalue weighted by Crippen LogP contribution is 2.31. The van der Waals surface area contributed by atoms with Crippen molar-refractivity contribution in [2.24, 2.45) is 5.14 Å². The predicted molar refractivity (Wildman–Crippen MR) is 79.9 cm³/mol. The van der Waals surface area contributed by atoms with Crippen molar-refractivity contribution < 1.29 is 13.3 Å². The van der Waals surface area contributed by atoms with Crippen molar-refractivity contribution in [3.63, 3.8) is 0 Å². The first-order valence-electron chi connectivity index (χ1n) is 6.32. The molecule has 0 fully saturated rings. The quantitative estimate of drug-likeness (QED) is 0.597. The third-order valence-corrected chi connectivity index (χ3v) is 3.85. The monoisotopic (exact) mass is 325 g/mol. The molecule has 0 saturated heterocycles. The Kier molecular flexibility index (Phi) is 4.43. The van der Waals surface area contributed by atoms with E-state index in [4.69, 9.17) is 5.14 Å². The fraction of sp³-hybridized carbons (Fsp3) is 0.250. The molecule has 0 aliphatic heterocycles. The molecular weight excluding hydrogens is 310 g/mol. The number of primary sulfonamides is 1. The zero-order valence-electron chi connectivity index (χ0n) is 11.8. The number of benzene rings is 1. The second kappa shape index (κ2) is 6.12. The van der Waals surface area contributed by atoms with Gasteiger partial charge in [-0.2, -0.15) is 5.10 Å². The van der Waals surface area contributed by atoms with Gasteiger partial charge < -0.3 is 5.32 Å². The number of nitro groups is 1. The lowest BCUT2D eigenvalue weighted by Crippen LogP contribution is -2.16. The van der Waals surface area contributed by atoms with Gasteiger partial charge in [0.15, 0.2) is 4.90 Å². The minimum absolute atomic E-state index is 0.0976. The average Bonchev–Trinajstić information content (AvgIpc) is 2.83. The minimum atomic E-state index is -4.17. The van der Waals surface area contributed by atoms with Gasteiger partial charge in [0.05, 0.1) is 17.7 Å². The van der Waals surface area contributed by atoms with Crippen LogP contribution in [0, 0.1) is 17.0 Å². The van der Waals surface area contributed by atoms with Crippen LogP contribution in [0.1, 0.15) is 5.56 Å². The van der Waals surface area contributed by atoms with E-state index < -0.39 is 25.5 Å². The van der Waals surface area contributed by atoms with E-state index in [1.54, 1.807) is 10.9 Å². The van der Waals surface area contributed by atoms with Crippen molar-refractivity contribution in [1.82, 2.24) is 9.78 Å². The zero-order valence-corrected chi connectivity index (χ0v) is 12.6. The summed E-state index contributed by atoms with van der Waals surface area (Å²) in [5.74, 6) is 0. The van der Waals surface area contributed by atoms with Crippen LogP contribution >= 0.6 is 0 Å². The number of sulfonamides is 1. The first kappa shape index (κ1) is 15.9. The maximum absolute atomic E-state index is 11.4. The van der Waals surface area contributed by atoms with Gasteiger partial charge in [0.1, 0.15) is 5.69 Å². The van der Waals surface area contributed by atoms with Gasteiger partial charge in [0.2, 0.25) is 10.0 Å².